The third kappa shape index (κ3) is 2.51. The Kier molecular flexibility index (Phi) is 3.16. The lowest BCUT2D eigenvalue weighted by atomic mass is 10.2. The van der Waals surface area contributed by atoms with Crippen molar-refractivity contribution in [1.82, 2.24) is 4.98 Å². The molecule has 0 aliphatic heterocycles. The van der Waals surface area contributed by atoms with E-state index >= 15 is 0 Å². The van der Waals surface area contributed by atoms with E-state index in [0.717, 1.165) is 10.9 Å². The number of amides is 1. The summed E-state index contributed by atoms with van der Waals surface area (Å²) < 4.78 is 13.2. The van der Waals surface area contributed by atoms with Gasteiger partial charge in [0.2, 0.25) is 0 Å². The summed E-state index contributed by atoms with van der Waals surface area (Å²) in [6.45, 7) is 0. The van der Waals surface area contributed by atoms with Crippen molar-refractivity contribution in [3.8, 4) is 0 Å². The fourth-order valence-corrected chi connectivity index (χ4v) is 2.24. The van der Waals surface area contributed by atoms with E-state index in [0.29, 0.717) is 11.4 Å². The maximum atomic E-state index is 13.2. The van der Waals surface area contributed by atoms with Crippen LogP contribution in [0.5, 0.6) is 0 Å². The Morgan fingerprint density at radius 1 is 1.15 bits per heavy atom. The fraction of sp³-hybridized carbons (Fsp3) is 0. The van der Waals surface area contributed by atoms with Crippen LogP contribution in [0.15, 0.2) is 48.5 Å². The summed E-state index contributed by atoms with van der Waals surface area (Å²) in [5, 5.41) is 3.78. The molecule has 0 aliphatic rings. The lowest BCUT2D eigenvalue weighted by Crippen LogP contribution is -2.12. The number of carbonyl (C=O) groups is 1. The molecule has 0 aliphatic carbocycles. The van der Waals surface area contributed by atoms with Crippen LogP contribution in [0, 0.1) is 5.82 Å². The van der Waals surface area contributed by atoms with Crippen LogP contribution < -0.4 is 5.32 Å². The second-order valence-corrected chi connectivity index (χ2v) is 4.82. The minimum atomic E-state index is -0.496. The Bertz CT molecular complexity index is 744. The van der Waals surface area contributed by atoms with Gasteiger partial charge in [-0.15, -0.1) is 0 Å². The summed E-state index contributed by atoms with van der Waals surface area (Å²) in [7, 11) is 0. The van der Waals surface area contributed by atoms with E-state index in [-0.39, 0.29) is 10.9 Å². The molecule has 0 atom stereocenters. The zero-order chi connectivity index (χ0) is 14.1. The molecule has 3 aromatic rings. The van der Waals surface area contributed by atoms with Crippen LogP contribution in [0.1, 0.15) is 10.5 Å². The molecular formula is C15H10ClFN2O. The highest BCUT2D eigenvalue weighted by Gasteiger charge is 2.10. The van der Waals surface area contributed by atoms with E-state index in [1.54, 1.807) is 6.07 Å². The number of hydrogen-bond donors (Lipinski definition) is 2. The predicted octanol–water partition coefficient (Wildman–Crippen LogP) is 4.21. The van der Waals surface area contributed by atoms with Gasteiger partial charge in [-0.25, -0.2) is 4.39 Å². The molecule has 0 unspecified atom stereocenters. The maximum absolute atomic E-state index is 13.2. The zero-order valence-electron chi connectivity index (χ0n) is 10.3. The number of anilines is 1. The van der Waals surface area contributed by atoms with Gasteiger partial charge >= 0.3 is 0 Å². The van der Waals surface area contributed by atoms with Gasteiger partial charge in [0, 0.05) is 21.6 Å². The van der Waals surface area contributed by atoms with Crippen molar-refractivity contribution < 1.29 is 9.18 Å². The highest BCUT2D eigenvalue weighted by molar-refractivity contribution is 6.31. The second kappa shape index (κ2) is 4.98. The Morgan fingerprint density at radius 3 is 2.70 bits per heavy atom. The SMILES string of the molecule is O=C(Nc1cc(F)cc(Cl)c1)c1cc2ccccc2[nH]1. The summed E-state index contributed by atoms with van der Waals surface area (Å²) in [6.07, 6.45) is 0. The predicted molar refractivity (Wildman–Crippen MR) is 77.7 cm³/mol. The van der Waals surface area contributed by atoms with Crippen LogP contribution in [0.4, 0.5) is 10.1 Å². The summed E-state index contributed by atoms with van der Waals surface area (Å²) >= 11 is 5.74. The normalized spacial score (nSPS) is 10.7. The minimum Gasteiger partial charge on any atom is -0.351 e. The van der Waals surface area contributed by atoms with E-state index in [9.17, 15) is 9.18 Å². The Labute approximate surface area is 119 Å². The molecule has 0 bridgehead atoms. The van der Waals surface area contributed by atoms with Crippen LogP contribution in [0.3, 0.4) is 0 Å². The van der Waals surface area contributed by atoms with Crippen LogP contribution in [-0.2, 0) is 0 Å². The number of carbonyl (C=O) groups excluding carboxylic acids is 1. The fourth-order valence-electron chi connectivity index (χ4n) is 2.02. The van der Waals surface area contributed by atoms with Gasteiger partial charge in [0.25, 0.3) is 5.91 Å². The van der Waals surface area contributed by atoms with Gasteiger partial charge in [-0.3, -0.25) is 4.79 Å². The number of para-hydroxylation sites is 1. The minimum absolute atomic E-state index is 0.233. The quantitative estimate of drug-likeness (QED) is 0.729. The maximum Gasteiger partial charge on any atom is 0.272 e. The first-order valence-electron chi connectivity index (χ1n) is 5.97. The molecule has 2 N–H and O–H groups in total. The average Bonchev–Trinajstić information content (AvgIpc) is 2.81. The first-order valence-corrected chi connectivity index (χ1v) is 6.35. The van der Waals surface area contributed by atoms with Crippen molar-refractivity contribution >= 4 is 34.1 Å². The molecule has 100 valence electrons. The number of aromatic amines is 1. The topological polar surface area (TPSA) is 44.9 Å². The molecule has 3 rings (SSSR count). The third-order valence-electron chi connectivity index (χ3n) is 2.90. The molecule has 5 heteroatoms. The average molecular weight is 289 g/mol. The van der Waals surface area contributed by atoms with Crippen molar-refractivity contribution in [3.05, 3.63) is 65.1 Å². The molecule has 0 spiro atoms. The molecular weight excluding hydrogens is 279 g/mol. The molecule has 1 aromatic heterocycles. The van der Waals surface area contributed by atoms with Crippen LogP contribution in [0.2, 0.25) is 5.02 Å². The van der Waals surface area contributed by atoms with Crippen LogP contribution >= 0.6 is 11.6 Å². The van der Waals surface area contributed by atoms with E-state index in [4.69, 9.17) is 11.6 Å². The zero-order valence-corrected chi connectivity index (χ0v) is 11.0. The number of nitrogens with one attached hydrogen (secondary N) is 2. The number of H-pyrrole nitrogens is 1. The van der Waals surface area contributed by atoms with Crippen molar-refractivity contribution in [1.29, 1.82) is 0 Å². The van der Waals surface area contributed by atoms with Crippen molar-refractivity contribution in [3.63, 3.8) is 0 Å². The van der Waals surface area contributed by atoms with E-state index < -0.39 is 5.82 Å². The lowest BCUT2D eigenvalue weighted by Gasteiger charge is -2.04. The summed E-state index contributed by atoms with van der Waals surface area (Å²) in [5.74, 6) is -0.840. The van der Waals surface area contributed by atoms with Gasteiger partial charge in [0.15, 0.2) is 0 Å². The van der Waals surface area contributed by atoms with Crippen LogP contribution in [0.25, 0.3) is 10.9 Å². The number of aromatic nitrogens is 1. The number of hydrogen-bond acceptors (Lipinski definition) is 1. The summed E-state index contributed by atoms with van der Waals surface area (Å²) in [5.41, 5.74) is 1.60. The Morgan fingerprint density at radius 2 is 1.95 bits per heavy atom. The molecule has 1 heterocycles. The van der Waals surface area contributed by atoms with Crippen molar-refractivity contribution in [2.24, 2.45) is 0 Å². The molecule has 2 aromatic carbocycles. The van der Waals surface area contributed by atoms with Crippen molar-refractivity contribution in [2.75, 3.05) is 5.32 Å². The molecule has 0 radical (unpaired) electrons. The van der Waals surface area contributed by atoms with Gasteiger partial charge in [0.05, 0.1) is 0 Å². The number of benzene rings is 2. The largest absolute Gasteiger partial charge is 0.351 e. The van der Waals surface area contributed by atoms with E-state index in [2.05, 4.69) is 10.3 Å². The highest BCUT2D eigenvalue weighted by Crippen LogP contribution is 2.20. The third-order valence-corrected chi connectivity index (χ3v) is 3.11. The Hall–Kier alpha value is -2.33. The van der Waals surface area contributed by atoms with Crippen LogP contribution in [-0.4, -0.2) is 10.9 Å². The smallest absolute Gasteiger partial charge is 0.272 e. The van der Waals surface area contributed by atoms with Gasteiger partial charge in [-0.05, 0) is 30.3 Å². The van der Waals surface area contributed by atoms with E-state index in [1.165, 1.54) is 18.2 Å². The molecule has 1 amide bonds. The lowest BCUT2D eigenvalue weighted by molar-refractivity contribution is 0.102. The highest BCUT2D eigenvalue weighted by atomic mass is 35.5. The monoisotopic (exact) mass is 288 g/mol. The molecule has 3 nitrogen and oxygen atoms in total. The number of rotatable bonds is 2. The Balaban J connectivity index is 1.88. The second-order valence-electron chi connectivity index (χ2n) is 4.38. The molecule has 20 heavy (non-hydrogen) atoms. The van der Waals surface area contributed by atoms with Gasteiger partial charge in [-0.2, -0.15) is 0 Å². The van der Waals surface area contributed by atoms with E-state index in [1.807, 2.05) is 24.3 Å². The van der Waals surface area contributed by atoms with Gasteiger partial charge in [-0.1, -0.05) is 29.8 Å². The van der Waals surface area contributed by atoms with Gasteiger partial charge < -0.3 is 10.3 Å². The molecule has 0 saturated heterocycles. The molecule has 0 saturated carbocycles. The van der Waals surface area contributed by atoms with Crippen molar-refractivity contribution in [2.45, 2.75) is 0 Å². The summed E-state index contributed by atoms with van der Waals surface area (Å²) in [6, 6.07) is 13.2. The van der Waals surface area contributed by atoms with Gasteiger partial charge in [0.1, 0.15) is 11.5 Å². The number of fused-ring (bicyclic) bond motifs is 1. The first-order chi connectivity index (χ1) is 9.61. The standard InChI is InChI=1S/C15H10ClFN2O/c16-10-6-11(17)8-12(7-10)18-15(20)14-5-9-3-1-2-4-13(9)19-14/h1-8,19H,(H,18,20). The molecule has 0 fully saturated rings. The first kappa shape index (κ1) is 12.7. The summed E-state index contributed by atoms with van der Waals surface area (Å²) in [4.78, 5) is 15.1. The number of halogens is 2.